The predicted octanol–water partition coefficient (Wildman–Crippen LogP) is 4.91. The van der Waals surface area contributed by atoms with Gasteiger partial charge in [-0.3, -0.25) is 4.98 Å². The summed E-state index contributed by atoms with van der Waals surface area (Å²) in [5.74, 6) is 2.86. The highest BCUT2D eigenvalue weighted by Crippen LogP contribution is 2.48. The van der Waals surface area contributed by atoms with Gasteiger partial charge in [0.15, 0.2) is 0 Å². The molecule has 1 nitrogen and oxygen atoms in total. The van der Waals surface area contributed by atoms with Crippen molar-refractivity contribution in [2.75, 3.05) is 0 Å². The van der Waals surface area contributed by atoms with Crippen LogP contribution in [0.25, 0.3) is 0 Å². The fraction of sp³-hybridized carbons (Fsp3) is 0.706. The van der Waals surface area contributed by atoms with E-state index in [1.165, 1.54) is 49.8 Å². The lowest BCUT2D eigenvalue weighted by atomic mass is 9.63. The molecule has 1 unspecified atom stereocenters. The summed E-state index contributed by atoms with van der Waals surface area (Å²) in [5.41, 5.74) is 2.63. The maximum absolute atomic E-state index is 4.58. The van der Waals surface area contributed by atoms with Gasteiger partial charge < -0.3 is 0 Å². The average Bonchev–Trinajstić information content (AvgIpc) is 2.26. The van der Waals surface area contributed by atoms with Gasteiger partial charge >= 0.3 is 0 Å². The molecule has 0 aliphatic heterocycles. The Morgan fingerprint density at radius 1 is 1.21 bits per heavy atom. The van der Waals surface area contributed by atoms with E-state index in [2.05, 4.69) is 33.9 Å². The van der Waals surface area contributed by atoms with E-state index >= 15 is 0 Å². The number of halogens is 1. The van der Waals surface area contributed by atoms with Crippen LogP contribution in [0.3, 0.4) is 0 Å². The molecule has 1 heterocycles. The Labute approximate surface area is 125 Å². The molecule has 0 amide bonds. The molecule has 2 aliphatic carbocycles. The predicted molar refractivity (Wildman–Crippen MR) is 83.6 cm³/mol. The van der Waals surface area contributed by atoms with Gasteiger partial charge in [-0.05, 0) is 36.3 Å². The lowest BCUT2D eigenvalue weighted by molar-refractivity contribution is 0.0917. The standard InChI is InChI=1S/C17H24BrN/c1-12-5-4-10-19-16(12)11-15(18)17(13-6-2-7-13)14-8-3-9-14/h4-5,10,13-15,17H,2-3,6-9,11H2,1H3. The quantitative estimate of drug-likeness (QED) is 0.702. The average molecular weight is 322 g/mol. The molecular formula is C17H24BrN. The van der Waals surface area contributed by atoms with E-state index in [1.54, 1.807) is 0 Å². The first-order valence-electron chi connectivity index (χ1n) is 7.80. The molecular weight excluding hydrogens is 298 g/mol. The molecule has 2 fully saturated rings. The SMILES string of the molecule is Cc1cccnc1CC(Br)C(C1CCC1)C1CCC1. The summed E-state index contributed by atoms with van der Waals surface area (Å²) in [6, 6.07) is 4.22. The summed E-state index contributed by atoms with van der Waals surface area (Å²) < 4.78 is 0. The number of aryl methyl sites for hydroxylation is 1. The van der Waals surface area contributed by atoms with Crippen molar-refractivity contribution in [2.45, 2.75) is 56.7 Å². The van der Waals surface area contributed by atoms with Crippen LogP contribution in [0.5, 0.6) is 0 Å². The summed E-state index contributed by atoms with van der Waals surface area (Å²) in [5, 5.41) is 0. The Morgan fingerprint density at radius 3 is 2.32 bits per heavy atom. The minimum Gasteiger partial charge on any atom is -0.261 e. The lowest BCUT2D eigenvalue weighted by Crippen LogP contribution is -2.38. The van der Waals surface area contributed by atoms with Gasteiger partial charge in [0.25, 0.3) is 0 Å². The Bertz CT molecular complexity index is 409. The molecule has 2 aliphatic rings. The number of hydrogen-bond donors (Lipinski definition) is 0. The number of pyridine rings is 1. The normalized spacial score (nSPS) is 22.1. The van der Waals surface area contributed by atoms with Crippen LogP contribution < -0.4 is 0 Å². The summed E-state index contributed by atoms with van der Waals surface area (Å²) in [7, 11) is 0. The second kappa shape index (κ2) is 5.95. The maximum atomic E-state index is 4.58. The van der Waals surface area contributed by atoms with Crippen molar-refractivity contribution in [2.24, 2.45) is 17.8 Å². The van der Waals surface area contributed by atoms with Crippen molar-refractivity contribution in [1.29, 1.82) is 0 Å². The highest BCUT2D eigenvalue weighted by Gasteiger charge is 2.39. The first-order valence-corrected chi connectivity index (χ1v) is 8.72. The van der Waals surface area contributed by atoms with Crippen LogP contribution in [-0.4, -0.2) is 9.81 Å². The number of aromatic nitrogens is 1. The molecule has 1 atom stereocenters. The van der Waals surface area contributed by atoms with E-state index in [0.717, 1.165) is 24.2 Å². The van der Waals surface area contributed by atoms with Crippen LogP contribution >= 0.6 is 15.9 Å². The Hall–Kier alpha value is -0.370. The summed E-state index contributed by atoms with van der Waals surface area (Å²) in [6.45, 7) is 2.18. The summed E-state index contributed by atoms with van der Waals surface area (Å²) in [4.78, 5) is 5.20. The van der Waals surface area contributed by atoms with Crippen molar-refractivity contribution in [3.8, 4) is 0 Å². The van der Waals surface area contributed by atoms with Crippen LogP contribution in [-0.2, 0) is 6.42 Å². The fourth-order valence-corrected chi connectivity index (χ4v) is 4.85. The van der Waals surface area contributed by atoms with Gasteiger partial charge in [-0.2, -0.15) is 0 Å². The number of nitrogens with zero attached hydrogens (tertiary/aromatic N) is 1. The van der Waals surface area contributed by atoms with Gasteiger partial charge in [-0.25, -0.2) is 0 Å². The number of rotatable bonds is 5. The molecule has 0 radical (unpaired) electrons. The Morgan fingerprint density at radius 2 is 1.84 bits per heavy atom. The molecule has 3 rings (SSSR count). The van der Waals surface area contributed by atoms with Crippen LogP contribution in [0.2, 0.25) is 0 Å². The Kier molecular flexibility index (Phi) is 4.26. The van der Waals surface area contributed by atoms with Crippen LogP contribution in [0.4, 0.5) is 0 Å². The summed E-state index contributed by atoms with van der Waals surface area (Å²) in [6.07, 6.45) is 11.8. The minimum atomic E-state index is 0.622. The molecule has 1 aromatic heterocycles. The van der Waals surface area contributed by atoms with Crippen molar-refractivity contribution in [3.05, 3.63) is 29.6 Å². The molecule has 2 heteroatoms. The fourth-order valence-electron chi connectivity index (χ4n) is 3.68. The molecule has 0 spiro atoms. The highest BCUT2D eigenvalue weighted by molar-refractivity contribution is 9.09. The molecule has 0 aromatic carbocycles. The molecule has 19 heavy (non-hydrogen) atoms. The maximum Gasteiger partial charge on any atom is 0.0443 e. The highest BCUT2D eigenvalue weighted by atomic mass is 79.9. The summed E-state index contributed by atoms with van der Waals surface area (Å²) >= 11 is 4.03. The first kappa shape index (κ1) is 13.6. The van der Waals surface area contributed by atoms with E-state index in [9.17, 15) is 0 Å². The van der Waals surface area contributed by atoms with E-state index in [-0.39, 0.29) is 0 Å². The largest absolute Gasteiger partial charge is 0.261 e. The third kappa shape index (κ3) is 2.89. The smallest absolute Gasteiger partial charge is 0.0443 e. The molecule has 104 valence electrons. The lowest BCUT2D eigenvalue weighted by Gasteiger charge is -2.45. The zero-order chi connectivity index (χ0) is 13.2. The van der Waals surface area contributed by atoms with E-state index in [1.807, 2.05) is 12.3 Å². The zero-order valence-corrected chi connectivity index (χ0v) is 13.4. The number of hydrogen-bond acceptors (Lipinski definition) is 1. The topological polar surface area (TPSA) is 12.9 Å². The van der Waals surface area contributed by atoms with E-state index in [0.29, 0.717) is 4.83 Å². The second-order valence-electron chi connectivity index (χ2n) is 6.45. The zero-order valence-electron chi connectivity index (χ0n) is 11.8. The van der Waals surface area contributed by atoms with Gasteiger partial charge in [0.05, 0.1) is 0 Å². The van der Waals surface area contributed by atoms with Gasteiger partial charge in [0.2, 0.25) is 0 Å². The van der Waals surface area contributed by atoms with Crippen LogP contribution in [0.15, 0.2) is 18.3 Å². The molecule has 0 saturated heterocycles. The molecule has 1 aromatic rings. The van der Waals surface area contributed by atoms with Crippen molar-refractivity contribution < 1.29 is 0 Å². The second-order valence-corrected chi connectivity index (χ2v) is 7.62. The van der Waals surface area contributed by atoms with Gasteiger partial charge in [0, 0.05) is 23.1 Å². The monoisotopic (exact) mass is 321 g/mol. The van der Waals surface area contributed by atoms with Gasteiger partial charge in [0.1, 0.15) is 0 Å². The third-order valence-corrected chi connectivity index (χ3v) is 6.25. The van der Waals surface area contributed by atoms with Gasteiger partial charge in [-0.15, -0.1) is 0 Å². The van der Waals surface area contributed by atoms with Crippen LogP contribution in [0, 0.1) is 24.7 Å². The van der Waals surface area contributed by atoms with E-state index < -0.39 is 0 Å². The Balaban J connectivity index is 1.69. The third-order valence-electron chi connectivity index (χ3n) is 5.31. The van der Waals surface area contributed by atoms with Crippen LogP contribution in [0.1, 0.15) is 49.8 Å². The van der Waals surface area contributed by atoms with Crippen molar-refractivity contribution >= 4 is 15.9 Å². The van der Waals surface area contributed by atoms with Crippen molar-refractivity contribution in [1.82, 2.24) is 4.98 Å². The van der Waals surface area contributed by atoms with Gasteiger partial charge in [-0.1, -0.05) is 60.5 Å². The first-order chi connectivity index (χ1) is 9.25. The molecule has 0 N–H and O–H groups in total. The molecule has 0 bridgehead atoms. The number of alkyl halides is 1. The van der Waals surface area contributed by atoms with E-state index in [4.69, 9.17) is 0 Å². The van der Waals surface area contributed by atoms with Crippen molar-refractivity contribution in [3.63, 3.8) is 0 Å². The molecule has 2 saturated carbocycles. The minimum absolute atomic E-state index is 0.622.